The number of nitrogens with one attached hydrogen (secondary N) is 1. The lowest BCUT2D eigenvalue weighted by Gasteiger charge is -2.20. The predicted octanol–water partition coefficient (Wildman–Crippen LogP) is 3.01. The van der Waals surface area contributed by atoms with Crippen LogP contribution < -0.4 is 10.1 Å². The molecule has 1 heterocycles. The van der Waals surface area contributed by atoms with Crippen molar-refractivity contribution in [3.8, 4) is 5.75 Å². The van der Waals surface area contributed by atoms with Gasteiger partial charge in [0.2, 0.25) is 0 Å². The van der Waals surface area contributed by atoms with Gasteiger partial charge in [-0.25, -0.2) is 4.98 Å². The molecule has 3 rings (SSSR count). The first-order valence-electron chi connectivity index (χ1n) is 7.03. The maximum absolute atomic E-state index is 5.47. The Morgan fingerprint density at radius 2 is 1.90 bits per heavy atom. The second kappa shape index (κ2) is 5.97. The molecule has 1 unspecified atom stereocenters. The van der Waals surface area contributed by atoms with Crippen LogP contribution in [-0.4, -0.2) is 23.7 Å². The molecule has 0 aliphatic carbocycles. The molecule has 21 heavy (non-hydrogen) atoms. The number of nitrogens with zero attached hydrogens (tertiary/aromatic N) is 2. The van der Waals surface area contributed by atoms with E-state index in [2.05, 4.69) is 27.0 Å². The molecular formula is C17H19N3O. The summed E-state index contributed by atoms with van der Waals surface area (Å²) < 4.78 is 7.64. The third kappa shape index (κ3) is 2.62. The Bertz CT molecular complexity index is 735. The summed E-state index contributed by atoms with van der Waals surface area (Å²) in [6.07, 6.45) is 1.89. The smallest absolute Gasteiger partial charge is 0.123 e. The SMILES string of the molecule is CNC(Cn1cnc2ccccc21)c1ccccc1OC. The third-order valence-corrected chi connectivity index (χ3v) is 3.77. The van der Waals surface area contributed by atoms with E-state index in [-0.39, 0.29) is 6.04 Å². The van der Waals surface area contributed by atoms with Crippen LogP contribution in [0, 0.1) is 0 Å². The summed E-state index contributed by atoms with van der Waals surface area (Å²) in [5.74, 6) is 0.904. The van der Waals surface area contributed by atoms with E-state index in [1.165, 1.54) is 0 Å². The highest BCUT2D eigenvalue weighted by molar-refractivity contribution is 5.74. The number of hydrogen-bond acceptors (Lipinski definition) is 3. The number of rotatable bonds is 5. The summed E-state index contributed by atoms with van der Waals surface area (Å²) in [4.78, 5) is 4.45. The minimum Gasteiger partial charge on any atom is -0.496 e. The molecule has 0 bridgehead atoms. The maximum atomic E-state index is 5.47. The lowest BCUT2D eigenvalue weighted by Crippen LogP contribution is -2.22. The van der Waals surface area contributed by atoms with Gasteiger partial charge < -0.3 is 14.6 Å². The lowest BCUT2D eigenvalue weighted by atomic mass is 10.1. The number of fused-ring (bicyclic) bond motifs is 1. The van der Waals surface area contributed by atoms with Gasteiger partial charge >= 0.3 is 0 Å². The van der Waals surface area contributed by atoms with Gasteiger partial charge in [-0.15, -0.1) is 0 Å². The average Bonchev–Trinajstić information content (AvgIpc) is 2.95. The average molecular weight is 281 g/mol. The van der Waals surface area contributed by atoms with Crippen molar-refractivity contribution in [2.75, 3.05) is 14.2 Å². The van der Waals surface area contributed by atoms with Gasteiger partial charge in [-0.2, -0.15) is 0 Å². The van der Waals surface area contributed by atoms with Gasteiger partial charge in [0.25, 0.3) is 0 Å². The Labute approximate surface area is 124 Å². The van der Waals surface area contributed by atoms with Crippen LogP contribution >= 0.6 is 0 Å². The Morgan fingerprint density at radius 3 is 2.71 bits per heavy atom. The Kier molecular flexibility index (Phi) is 3.88. The molecule has 0 saturated heterocycles. The summed E-state index contributed by atoms with van der Waals surface area (Å²) in [6, 6.07) is 16.5. The molecule has 1 aromatic heterocycles. The molecule has 0 aliphatic heterocycles. The monoisotopic (exact) mass is 281 g/mol. The Balaban J connectivity index is 1.94. The highest BCUT2D eigenvalue weighted by Gasteiger charge is 2.15. The van der Waals surface area contributed by atoms with Crippen molar-refractivity contribution in [1.29, 1.82) is 0 Å². The van der Waals surface area contributed by atoms with Gasteiger partial charge in [0.1, 0.15) is 5.75 Å². The highest BCUT2D eigenvalue weighted by Crippen LogP contribution is 2.26. The molecule has 1 N–H and O–H groups in total. The van der Waals surface area contributed by atoms with Crippen LogP contribution in [0.15, 0.2) is 54.9 Å². The van der Waals surface area contributed by atoms with Crippen LogP contribution in [0.3, 0.4) is 0 Å². The van der Waals surface area contributed by atoms with Gasteiger partial charge in [-0.1, -0.05) is 30.3 Å². The van der Waals surface area contributed by atoms with E-state index >= 15 is 0 Å². The highest BCUT2D eigenvalue weighted by atomic mass is 16.5. The molecule has 0 spiro atoms. The van der Waals surface area contributed by atoms with Crippen LogP contribution in [-0.2, 0) is 6.54 Å². The fourth-order valence-electron chi connectivity index (χ4n) is 2.65. The van der Waals surface area contributed by atoms with Gasteiger partial charge in [0, 0.05) is 12.1 Å². The van der Waals surface area contributed by atoms with Crippen LogP contribution in [0.1, 0.15) is 11.6 Å². The summed E-state index contributed by atoms with van der Waals surface area (Å²) in [6.45, 7) is 0.803. The van der Waals surface area contributed by atoms with Gasteiger partial charge in [-0.05, 0) is 25.2 Å². The zero-order valence-electron chi connectivity index (χ0n) is 12.3. The molecule has 0 fully saturated rings. The van der Waals surface area contributed by atoms with Crippen LogP contribution in [0.2, 0.25) is 0 Å². The minimum absolute atomic E-state index is 0.166. The Hall–Kier alpha value is -2.33. The molecule has 0 amide bonds. The molecule has 2 aromatic carbocycles. The summed E-state index contributed by atoms with van der Waals surface area (Å²) >= 11 is 0. The summed E-state index contributed by atoms with van der Waals surface area (Å²) in [7, 11) is 3.67. The van der Waals surface area contributed by atoms with Crippen molar-refractivity contribution in [3.05, 3.63) is 60.4 Å². The number of methoxy groups -OCH3 is 1. The number of hydrogen-bond donors (Lipinski definition) is 1. The van der Waals surface area contributed by atoms with E-state index in [9.17, 15) is 0 Å². The molecule has 0 aliphatic rings. The molecule has 4 heteroatoms. The standard InChI is InChI=1S/C17H19N3O/c1-18-15(13-7-3-6-10-17(13)21-2)11-20-12-19-14-8-4-5-9-16(14)20/h3-10,12,15,18H,11H2,1-2H3. The van der Waals surface area contributed by atoms with Crippen molar-refractivity contribution in [2.45, 2.75) is 12.6 Å². The fraction of sp³-hybridized carbons (Fsp3) is 0.235. The van der Waals surface area contributed by atoms with Crippen molar-refractivity contribution < 1.29 is 4.74 Å². The maximum Gasteiger partial charge on any atom is 0.123 e. The second-order valence-corrected chi connectivity index (χ2v) is 4.97. The first-order chi connectivity index (χ1) is 10.3. The minimum atomic E-state index is 0.166. The van der Waals surface area contributed by atoms with Crippen LogP contribution in [0.4, 0.5) is 0 Å². The van der Waals surface area contributed by atoms with Crippen molar-refractivity contribution >= 4 is 11.0 Å². The molecule has 108 valence electrons. The number of benzene rings is 2. The van der Waals surface area contributed by atoms with E-state index in [4.69, 9.17) is 4.74 Å². The van der Waals surface area contributed by atoms with E-state index in [1.54, 1.807) is 7.11 Å². The van der Waals surface area contributed by atoms with Crippen molar-refractivity contribution in [1.82, 2.24) is 14.9 Å². The first kappa shape index (κ1) is 13.6. The predicted molar refractivity (Wildman–Crippen MR) is 84.5 cm³/mol. The zero-order chi connectivity index (χ0) is 14.7. The number of aromatic nitrogens is 2. The topological polar surface area (TPSA) is 39.1 Å². The zero-order valence-corrected chi connectivity index (χ0v) is 12.3. The molecule has 0 radical (unpaired) electrons. The lowest BCUT2D eigenvalue weighted by molar-refractivity contribution is 0.395. The molecule has 0 saturated carbocycles. The molecule has 1 atom stereocenters. The first-order valence-corrected chi connectivity index (χ1v) is 7.03. The van der Waals surface area contributed by atoms with E-state index in [1.807, 2.05) is 49.8 Å². The van der Waals surface area contributed by atoms with Crippen LogP contribution in [0.5, 0.6) is 5.75 Å². The summed E-state index contributed by atoms with van der Waals surface area (Å²) in [5, 5.41) is 3.37. The van der Waals surface area contributed by atoms with E-state index in [0.717, 1.165) is 28.9 Å². The summed E-state index contributed by atoms with van der Waals surface area (Å²) in [5.41, 5.74) is 3.32. The fourth-order valence-corrected chi connectivity index (χ4v) is 2.65. The number of para-hydroxylation sites is 3. The Morgan fingerprint density at radius 1 is 1.14 bits per heavy atom. The van der Waals surface area contributed by atoms with Gasteiger partial charge in [0.15, 0.2) is 0 Å². The normalized spacial score (nSPS) is 12.5. The number of likely N-dealkylation sites (N-methyl/N-ethyl adjacent to an activating group) is 1. The quantitative estimate of drug-likeness (QED) is 0.781. The van der Waals surface area contributed by atoms with Crippen LogP contribution in [0.25, 0.3) is 11.0 Å². The van der Waals surface area contributed by atoms with E-state index in [0.29, 0.717) is 0 Å². The number of ether oxygens (including phenoxy) is 1. The van der Waals surface area contributed by atoms with Crippen molar-refractivity contribution in [2.24, 2.45) is 0 Å². The molecule has 3 aromatic rings. The number of imidazole rings is 1. The molecular weight excluding hydrogens is 262 g/mol. The largest absolute Gasteiger partial charge is 0.496 e. The van der Waals surface area contributed by atoms with Gasteiger partial charge in [0.05, 0.1) is 30.5 Å². The van der Waals surface area contributed by atoms with E-state index < -0.39 is 0 Å². The van der Waals surface area contributed by atoms with Gasteiger partial charge in [-0.3, -0.25) is 0 Å². The molecule has 4 nitrogen and oxygen atoms in total. The second-order valence-electron chi connectivity index (χ2n) is 4.97. The third-order valence-electron chi connectivity index (χ3n) is 3.77. The van der Waals surface area contributed by atoms with Crippen molar-refractivity contribution in [3.63, 3.8) is 0 Å².